The Bertz CT molecular complexity index is 320. The van der Waals surface area contributed by atoms with Gasteiger partial charge in [-0.15, -0.1) is 11.3 Å². The van der Waals surface area contributed by atoms with Crippen LogP contribution < -0.4 is 5.32 Å². The van der Waals surface area contributed by atoms with Crippen molar-refractivity contribution in [2.24, 2.45) is 0 Å². The van der Waals surface area contributed by atoms with E-state index >= 15 is 0 Å². The quantitative estimate of drug-likeness (QED) is 0.754. The zero-order valence-electron chi connectivity index (χ0n) is 9.54. The van der Waals surface area contributed by atoms with Gasteiger partial charge < -0.3 is 10.1 Å². The van der Waals surface area contributed by atoms with Crippen LogP contribution in [0.2, 0.25) is 0 Å². The number of aryl methyl sites for hydroxylation is 1. The van der Waals surface area contributed by atoms with E-state index in [1.165, 1.54) is 5.57 Å². The number of hydrogen-bond acceptors (Lipinski definition) is 4. The van der Waals surface area contributed by atoms with Gasteiger partial charge in [-0.25, -0.2) is 4.98 Å². The molecule has 0 aliphatic carbocycles. The molecule has 0 unspecified atom stereocenters. The minimum atomic E-state index is 0.754. The van der Waals surface area contributed by atoms with Crippen LogP contribution in [0.5, 0.6) is 0 Å². The number of thiazole rings is 1. The van der Waals surface area contributed by atoms with Crippen LogP contribution >= 0.6 is 11.3 Å². The molecule has 0 saturated heterocycles. The summed E-state index contributed by atoms with van der Waals surface area (Å²) in [6, 6.07) is 0. The summed E-state index contributed by atoms with van der Waals surface area (Å²) in [4.78, 5) is 4.38. The third-order valence-electron chi connectivity index (χ3n) is 1.89. The molecule has 1 aromatic heterocycles. The van der Waals surface area contributed by atoms with E-state index < -0.39 is 0 Å². The van der Waals surface area contributed by atoms with Gasteiger partial charge >= 0.3 is 0 Å². The van der Waals surface area contributed by atoms with Gasteiger partial charge in [-0.3, -0.25) is 0 Å². The van der Waals surface area contributed by atoms with Crippen LogP contribution in [0.1, 0.15) is 17.6 Å². The Morgan fingerprint density at radius 2 is 2.47 bits per heavy atom. The van der Waals surface area contributed by atoms with Gasteiger partial charge in [-0.1, -0.05) is 5.57 Å². The van der Waals surface area contributed by atoms with E-state index in [-0.39, 0.29) is 0 Å². The second-order valence-corrected chi connectivity index (χ2v) is 4.38. The molecule has 1 N–H and O–H groups in total. The molecule has 0 amide bonds. The fourth-order valence-electron chi connectivity index (χ4n) is 1.16. The maximum atomic E-state index is 4.95. The minimum absolute atomic E-state index is 0.754. The van der Waals surface area contributed by atoms with Crippen LogP contribution in [0.25, 0.3) is 6.08 Å². The first-order valence-corrected chi connectivity index (χ1v) is 5.89. The smallest absolute Gasteiger partial charge is 0.116 e. The molecule has 84 valence electrons. The lowest BCUT2D eigenvalue weighted by molar-refractivity contribution is 0.200. The third kappa shape index (κ3) is 5.06. The van der Waals surface area contributed by atoms with Gasteiger partial charge in [0.05, 0.1) is 6.61 Å². The van der Waals surface area contributed by atoms with Crippen molar-refractivity contribution in [2.75, 3.05) is 26.8 Å². The number of nitrogens with one attached hydrogen (secondary N) is 1. The van der Waals surface area contributed by atoms with Crippen molar-refractivity contribution in [3.63, 3.8) is 0 Å². The number of methoxy groups -OCH3 is 1. The normalized spacial score (nSPS) is 12.1. The molecule has 0 spiro atoms. The van der Waals surface area contributed by atoms with Crippen molar-refractivity contribution in [3.05, 3.63) is 21.7 Å². The standard InChI is InChI=1S/C11H18N2OS/c1-9(7-12-4-5-14-3)6-11-13-10(2)8-15-11/h6,8,12H,4-5,7H2,1-3H3. The number of nitrogens with zero attached hydrogens (tertiary/aromatic N) is 1. The third-order valence-corrected chi connectivity index (χ3v) is 2.80. The van der Waals surface area contributed by atoms with Crippen LogP contribution in [0.3, 0.4) is 0 Å². The molecule has 0 saturated carbocycles. The summed E-state index contributed by atoms with van der Waals surface area (Å²) in [5, 5.41) is 6.45. The zero-order chi connectivity index (χ0) is 11.1. The Balaban J connectivity index is 2.33. The van der Waals surface area contributed by atoms with Crippen molar-refractivity contribution in [1.82, 2.24) is 10.3 Å². The molecule has 0 atom stereocenters. The van der Waals surface area contributed by atoms with E-state index in [9.17, 15) is 0 Å². The first-order chi connectivity index (χ1) is 7.22. The van der Waals surface area contributed by atoms with Crippen molar-refractivity contribution >= 4 is 17.4 Å². The Morgan fingerprint density at radius 3 is 3.07 bits per heavy atom. The lowest BCUT2D eigenvalue weighted by atomic mass is 10.3. The van der Waals surface area contributed by atoms with Crippen molar-refractivity contribution in [2.45, 2.75) is 13.8 Å². The molecule has 3 nitrogen and oxygen atoms in total. The van der Waals surface area contributed by atoms with E-state index in [4.69, 9.17) is 4.74 Å². The Morgan fingerprint density at radius 1 is 1.67 bits per heavy atom. The van der Waals surface area contributed by atoms with Crippen molar-refractivity contribution in [1.29, 1.82) is 0 Å². The lowest BCUT2D eigenvalue weighted by Crippen LogP contribution is -2.20. The molecule has 0 aliphatic heterocycles. The number of aromatic nitrogens is 1. The summed E-state index contributed by atoms with van der Waals surface area (Å²) in [5.74, 6) is 0. The summed E-state index contributed by atoms with van der Waals surface area (Å²) in [7, 11) is 1.71. The number of rotatable bonds is 6. The molecule has 4 heteroatoms. The van der Waals surface area contributed by atoms with Gasteiger partial charge in [0.25, 0.3) is 0 Å². The predicted octanol–water partition coefficient (Wildman–Crippen LogP) is 2.09. The fraction of sp³-hybridized carbons (Fsp3) is 0.545. The number of ether oxygens (including phenoxy) is 1. The van der Waals surface area contributed by atoms with Crippen LogP contribution in [0.4, 0.5) is 0 Å². The van der Waals surface area contributed by atoms with Crippen molar-refractivity contribution < 1.29 is 4.74 Å². The van der Waals surface area contributed by atoms with Gasteiger partial charge in [-0.05, 0) is 19.9 Å². The molecule has 0 radical (unpaired) electrons. The topological polar surface area (TPSA) is 34.1 Å². The zero-order valence-corrected chi connectivity index (χ0v) is 10.4. The minimum Gasteiger partial charge on any atom is -0.383 e. The average Bonchev–Trinajstić information content (AvgIpc) is 2.59. The molecular formula is C11H18N2OS. The molecule has 0 aliphatic rings. The molecule has 1 aromatic rings. The Labute approximate surface area is 95.2 Å². The van der Waals surface area contributed by atoms with Crippen molar-refractivity contribution in [3.8, 4) is 0 Å². The summed E-state index contributed by atoms with van der Waals surface area (Å²) in [6.45, 7) is 6.65. The van der Waals surface area contributed by atoms with E-state index in [1.807, 2.05) is 6.92 Å². The molecule has 1 rings (SSSR count). The molecule has 0 bridgehead atoms. The highest BCUT2D eigenvalue weighted by Gasteiger charge is 1.95. The maximum Gasteiger partial charge on any atom is 0.116 e. The monoisotopic (exact) mass is 226 g/mol. The SMILES string of the molecule is COCCNCC(C)=Cc1nc(C)cs1. The van der Waals surface area contributed by atoms with Crippen LogP contribution in [-0.2, 0) is 4.74 Å². The van der Waals surface area contributed by atoms with Crippen LogP contribution in [0, 0.1) is 6.92 Å². The van der Waals surface area contributed by atoms with E-state index in [1.54, 1.807) is 18.4 Å². The molecule has 1 heterocycles. The summed E-state index contributed by atoms with van der Waals surface area (Å²) >= 11 is 1.68. The fourth-order valence-corrected chi connectivity index (χ4v) is 1.97. The lowest BCUT2D eigenvalue weighted by Gasteiger charge is -2.03. The summed E-state index contributed by atoms with van der Waals surface area (Å²) in [6.07, 6.45) is 2.12. The second kappa shape index (κ2) is 6.71. The molecule has 15 heavy (non-hydrogen) atoms. The van der Waals surface area contributed by atoms with Gasteiger partial charge in [0.15, 0.2) is 0 Å². The molecule has 0 aromatic carbocycles. The average molecular weight is 226 g/mol. The molecular weight excluding hydrogens is 208 g/mol. The number of hydrogen-bond donors (Lipinski definition) is 1. The maximum absolute atomic E-state index is 4.95. The van der Waals surface area contributed by atoms with E-state index in [0.717, 1.165) is 30.4 Å². The first kappa shape index (κ1) is 12.4. The van der Waals surface area contributed by atoms with Crippen LogP contribution in [0.15, 0.2) is 11.0 Å². The van der Waals surface area contributed by atoms with Crippen LogP contribution in [-0.4, -0.2) is 31.8 Å². The highest BCUT2D eigenvalue weighted by Crippen LogP contribution is 2.12. The predicted molar refractivity (Wildman–Crippen MR) is 65.2 cm³/mol. The Hall–Kier alpha value is -0.710. The summed E-state index contributed by atoms with van der Waals surface area (Å²) < 4.78 is 4.95. The molecule has 0 fully saturated rings. The largest absolute Gasteiger partial charge is 0.383 e. The van der Waals surface area contributed by atoms with Gasteiger partial charge in [0, 0.05) is 31.3 Å². The highest BCUT2D eigenvalue weighted by atomic mass is 32.1. The van der Waals surface area contributed by atoms with E-state index in [2.05, 4.69) is 28.7 Å². The first-order valence-electron chi connectivity index (χ1n) is 5.01. The van der Waals surface area contributed by atoms with Gasteiger partial charge in [0.2, 0.25) is 0 Å². The van der Waals surface area contributed by atoms with Gasteiger partial charge in [0.1, 0.15) is 5.01 Å². The summed E-state index contributed by atoms with van der Waals surface area (Å²) in [5.41, 5.74) is 2.38. The Kier molecular flexibility index (Phi) is 5.53. The second-order valence-electron chi connectivity index (χ2n) is 3.49. The highest BCUT2D eigenvalue weighted by molar-refractivity contribution is 7.10. The van der Waals surface area contributed by atoms with Gasteiger partial charge in [-0.2, -0.15) is 0 Å². The van der Waals surface area contributed by atoms with E-state index in [0.29, 0.717) is 0 Å².